The second-order valence-corrected chi connectivity index (χ2v) is 7.61. The van der Waals surface area contributed by atoms with Crippen molar-refractivity contribution in [2.24, 2.45) is 0 Å². The minimum absolute atomic E-state index is 0.0660. The van der Waals surface area contributed by atoms with E-state index < -0.39 is 9.84 Å². The Hall–Kier alpha value is -2.40. The van der Waals surface area contributed by atoms with Gasteiger partial charge in [0.2, 0.25) is 5.89 Å². The first-order chi connectivity index (χ1) is 11.0. The summed E-state index contributed by atoms with van der Waals surface area (Å²) in [5.41, 5.74) is 3.37. The first-order valence-electron chi connectivity index (χ1n) is 7.36. The van der Waals surface area contributed by atoms with Crippen molar-refractivity contribution < 1.29 is 12.8 Å². The lowest BCUT2D eigenvalue weighted by Gasteiger charge is -1.99. The number of aryl methyl sites for hydroxylation is 1. The fourth-order valence-corrected chi connectivity index (χ4v) is 3.10. The Bertz CT molecular complexity index is 967. The van der Waals surface area contributed by atoms with Crippen molar-refractivity contribution in [2.45, 2.75) is 18.7 Å². The van der Waals surface area contributed by atoms with Gasteiger partial charge < -0.3 is 4.42 Å². The zero-order valence-corrected chi connectivity index (χ0v) is 13.8. The molecule has 2 aromatic carbocycles. The molecule has 1 aromatic heterocycles. The lowest BCUT2D eigenvalue weighted by atomic mass is 10.1. The maximum atomic E-state index is 11.9. The summed E-state index contributed by atoms with van der Waals surface area (Å²) in [4.78, 5) is 4.61. The summed E-state index contributed by atoms with van der Waals surface area (Å²) in [7, 11) is -3.24. The third-order valence-corrected chi connectivity index (χ3v) is 5.34. The highest BCUT2D eigenvalue weighted by Gasteiger charge is 2.13. The number of rotatable bonds is 4. The van der Waals surface area contributed by atoms with E-state index in [9.17, 15) is 8.42 Å². The molecule has 0 fully saturated rings. The molecule has 3 aromatic rings. The van der Waals surface area contributed by atoms with Crippen LogP contribution in [0.25, 0.3) is 23.3 Å². The predicted octanol–water partition coefficient (Wildman–Crippen LogP) is 4.10. The molecule has 118 valence electrons. The molecular formula is C18H17NO3S. The fraction of sp³-hybridized carbons (Fsp3) is 0.167. The number of sulfone groups is 1. The summed E-state index contributed by atoms with van der Waals surface area (Å²) in [5, 5.41) is 0. The van der Waals surface area contributed by atoms with Crippen LogP contribution >= 0.6 is 0 Å². The highest BCUT2D eigenvalue weighted by atomic mass is 32.2. The van der Waals surface area contributed by atoms with Crippen molar-refractivity contribution in [1.29, 1.82) is 0 Å². The molecule has 0 saturated carbocycles. The Morgan fingerprint density at radius 3 is 2.52 bits per heavy atom. The van der Waals surface area contributed by atoms with Gasteiger partial charge in [0.15, 0.2) is 15.4 Å². The topological polar surface area (TPSA) is 60.2 Å². The Kier molecular flexibility index (Phi) is 4.05. The molecule has 0 aliphatic heterocycles. The summed E-state index contributed by atoms with van der Waals surface area (Å²) in [5.74, 6) is 0.517. The highest BCUT2D eigenvalue weighted by Crippen LogP contribution is 2.21. The molecular weight excluding hydrogens is 310 g/mol. The Morgan fingerprint density at radius 1 is 1.09 bits per heavy atom. The number of aromatic nitrogens is 1. The van der Waals surface area contributed by atoms with E-state index in [0.717, 1.165) is 5.56 Å². The van der Waals surface area contributed by atoms with Gasteiger partial charge in [0.05, 0.1) is 10.6 Å². The SMILES string of the molecule is CCS(=O)(=O)c1ccc2oc(/C=C/c3ccc(C)cc3)nc2c1. The third-order valence-electron chi connectivity index (χ3n) is 3.61. The van der Waals surface area contributed by atoms with E-state index in [4.69, 9.17) is 4.42 Å². The monoisotopic (exact) mass is 327 g/mol. The summed E-state index contributed by atoms with van der Waals surface area (Å²) >= 11 is 0. The lowest BCUT2D eigenvalue weighted by molar-refractivity contribution is 0.589. The minimum atomic E-state index is -3.24. The molecule has 4 nitrogen and oxygen atoms in total. The molecule has 0 bridgehead atoms. The molecule has 0 aliphatic carbocycles. The van der Waals surface area contributed by atoms with Crippen LogP contribution in [-0.4, -0.2) is 19.2 Å². The normalized spacial score (nSPS) is 12.3. The molecule has 0 atom stereocenters. The van der Waals surface area contributed by atoms with E-state index >= 15 is 0 Å². The first kappa shape index (κ1) is 15.5. The van der Waals surface area contributed by atoms with Gasteiger partial charge in [-0.2, -0.15) is 0 Å². The average molecular weight is 327 g/mol. The molecule has 23 heavy (non-hydrogen) atoms. The summed E-state index contributed by atoms with van der Waals surface area (Å²) in [6, 6.07) is 12.9. The van der Waals surface area contributed by atoms with Gasteiger partial charge in [-0.25, -0.2) is 13.4 Å². The van der Waals surface area contributed by atoms with Crippen LogP contribution in [0.1, 0.15) is 23.9 Å². The third kappa shape index (κ3) is 3.35. The first-order valence-corrected chi connectivity index (χ1v) is 9.01. The molecule has 0 radical (unpaired) electrons. The highest BCUT2D eigenvalue weighted by molar-refractivity contribution is 7.91. The lowest BCUT2D eigenvalue weighted by Crippen LogP contribution is -2.03. The van der Waals surface area contributed by atoms with Gasteiger partial charge in [0.1, 0.15) is 5.52 Å². The quantitative estimate of drug-likeness (QED) is 0.724. The van der Waals surface area contributed by atoms with Gasteiger partial charge >= 0.3 is 0 Å². The van der Waals surface area contributed by atoms with Crippen LogP contribution in [0.15, 0.2) is 51.8 Å². The second kappa shape index (κ2) is 6.01. The predicted molar refractivity (Wildman–Crippen MR) is 91.8 cm³/mol. The van der Waals surface area contributed by atoms with Gasteiger partial charge in [-0.3, -0.25) is 0 Å². The number of benzene rings is 2. The fourth-order valence-electron chi connectivity index (χ4n) is 2.20. The molecule has 3 rings (SSSR count). The van der Waals surface area contributed by atoms with E-state index in [0.29, 0.717) is 17.0 Å². The van der Waals surface area contributed by atoms with Crippen molar-refractivity contribution in [2.75, 3.05) is 5.75 Å². The number of fused-ring (bicyclic) bond motifs is 1. The van der Waals surface area contributed by atoms with Crippen molar-refractivity contribution in [1.82, 2.24) is 4.98 Å². The molecule has 0 unspecified atom stereocenters. The molecule has 0 N–H and O–H groups in total. The zero-order valence-electron chi connectivity index (χ0n) is 13.0. The van der Waals surface area contributed by atoms with Crippen LogP contribution < -0.4 is 0 Å². The Morgan fingerprint density at radius 2 is 1.83 bits per heavy atom. The number of oxazole rings is 1. The van der Waals surface area contributed by atoms with E-state index in [-0.39, 0.29) is 10.6 Å². The van der Waals surface area contributed by atoms with Crippen molar-refractivity contribution >= 4 is 33.1 Å². The zero-order chi connectivity index (χ0) is 16.4. The van der Waals surface area contributed by atoms with Gasteiger partial charge in [0.25, 0.3) is 0 Å². The number of nitrogens with zero attached hydrogens (tertiary/aromatic N) is 1. The summed E-state index contributed by atoms with van der Waals surface area (Å²) < 4.78 is 29.5. The average Bonchev–Trinajstić information content (AvgIpc) is 2.96. The van der Waals surface area contributed by atoms with Crippen molar-refractivity contribution in [3.05, 3.63) is 59.5 Å². The standard InChI is InChI=1S/C18H17NO3S/c1-3-23(20,21)15-9-10-17-16(12-15)19-18(22-17)11-8-14-6-4-13(2)5-7-14/h4-12H,3H2,1-2H3/b11-8+. The van der Waals surface area contributed by atoms with Crippen molar-refractivity contribution in [3.8, 4) is 0 Å². The minimum Gasteiger partial charge on any atom is -0.437 e. The molecule has 0 saturated heterocycles. The Balaban J connectivity index is 1.92. The maximum absolute atomic E-state index is 11.9. The van der Waals surface area contributed by atoms with Crippen LogP contribution in [0.3, 0.4) is 0 Å². The molecule has 0 spiro atoms. The van der Waals surface area contributed by atoms with Crippen LogP contribution in [0.2, 0.25) is 0 Å². The van der Waals surface area contributed by atoms with Gasteiger partial charge in [-0.15, -0.1) is 0 Å². The molecule has 0 amide bonds. The van der Waals surface area contributed by atoms with E-state index in [1.807, 2.05) is 37.3 Å². The smallest absolute Gasteiger partial charge is 0.220 e. The van der Waals surface area contributed by atoms with Gasteiger partial charge in [0, 0.05) is 6.08 Å². The number of hydrogen-bond donors (Lipinski definition) is 0. The van der Waals surface area contributed by atoms with Crippen LogP contribution in [0.5, 0.6) is 0 Å². The summed E-state index contributed by atoms with van der Waals surface area (Å²) in [6.45, 7) is 3.66. The van der Waals surface area contributed by atoms with E-state index in [1.165, 1.54) is 5.56 Å². The summed E-state index contributed by atoms with van der Waals surface area (Å²) in [6.07, 6.45) is 3.69. The van der Waals surface area contributed by atoms with Gasteiger partial charge in [-0.05, 0) is 36.8 Å². The van der Waals surface area contributed by atoms with Crippen LogP contribution in [-0.2, 0) is 9.84 Å². The number of hydrogen-bond acceptors (Lipinski definition) is 4. The largest absolute Gasteiger partial charge is 0.437 e. The molecule has 0 aliphatic rings. The molecule has 5 heteroatoms. The maximum Gasteiger partial charge on any atom is 0.220 e. The van der Waals surface area contributed by atoms with Crippen LogP contribution in [0, 0.1) is 6.92 Å². The van der Waals surface area contributed by atoms with E-state index in [1.54, 1.807) is 31.2 Å². The van der Waals surface area contributed by atoms with Gasteiger partial charge in [-0.1, -0.05) is 36.8 Å². The Labute approximate surface area is 135 Å². The van der Waals surface area contributed by atoms with E-state index in [2.05, 4.69) is 4.98 Å². The van der Waals surface area contributed by atoms with Crippen molar-refractivity contribution in [3.63, 3.8) is 0 Å². The van der Waals surface area contributed by atoms with Crippen LogP contribution in [0.4, 0.5) is 0 Å². The second-order valence-electron chi connectivity index (χ2n) is 5.33. The molecule has 1 heterocycles.